The lowest BCUT2D eigenvalue weighted by molar-refractivity contribution is -0.139. The average Bonchev–Trinajstić information content (AvgIpc) is 2.78. The molecular formula is C24H28N2O5. The molecule has 0 saturated heterocycles. The number of ether oxygens (including phenoxy) is 3. The van der Waals surface area contributed by atoms with Gasteiger partial charge in [-0.3, -0.25) is 0 Å². The Morgan fingerprint density at radius 1 is 1.06 bits per heavy atom. The number of rotatable bonds is 9. The molecule has 1 aliphatic rings. The minimum Gasteiger partial charge on any atom is -0.493 e. The average molecular weight is 424 g/mol. The molecule has 0 fully saturated rings. The van der Waals surface area contributed by atoms with E-state index in [-0.39, 0.29) is 12.6 Å². The lowest BCUT2D eigenvalue weighted by Gasteiger charge is -2.30. The van der Waals surface area contributed by atoms with Crippen molar-refractivity contribution in [2.24, 2.45) is 0 Å². The molecule has 3 rings (SSSR count). The van der Waals surface area contributed by atoms with Crippen LogP contribution in [0.5, 0.6) is 11.5 Å². The van der Waals surface area contributed by atoms with E-state index in [1.165, 1.54) is 0 Å². The van der Waals surface area contributed by atoms with Gasteiger partial charge in [0.15, 0.2) is 11.5 Å². The third kappa shape index (κ3) is 5.17. The van der Waals surface area contributed by atoms with Gasteiger partial charge in [0, 0.05) is 11.3 Å². The van der Waals surface area contributed by atoms with E-state index >= 15 is 0 Å². The third-order valence-electron chi connectivity index (χ3n) is 4.92. The summed E-state index contributed by atoms with van der Waals surface area (Å²) in [5.74, 6) is 0.514. The maximum Gasteiger partial charge on any atom is 0.338 e. The highest BCUT2D eigenvalue weighted by atomic mass is 16.5. The molecule has 2 aromatic rings. The van der Waals surface area contributed by atoms with Crippen LogP contribution in [0.25, 0.3) is 0 Å². The van der Waals surface area contributed by atoms with E-state index in [0.29, 0.717) is 41.4 Å². The summed E-state index contributed by atoms with van der Waals surface area (Å²) in [5, 5.41) is 5.63. The van der Waals surface area contributed by atoms with E-state index < -0.39 is 12.0 Å². The topological polar surface area (TPSA) is 85.9 Å². The standard InChI is InChI=1S/C24H28N2O5/c1-4-10-18-20(23(27)30-5-2)21(26-24(28)25-18)17-13-9-14-19(29-3)22(17)31-15-16-11-7-6-8-12-16/h6-9,11-14,21H,4-5,10,15H2,1-3H3,(H2,25,26,28). The molecule has 1 heterocycles. The molecule has 1 aliphatic heterocycles. The van der Waals surface area contributed by atoms with E-state index in [9.17, 15) is 9.59 Å². The van der Waals surface area contributed by atoms with E-state index in [1.54, 1.807) is 26.2 Å². The second-order valence-corrected chi connectivity index (χ2v) is 7.05. The fourth-order valence-corrected chi connectivity index (χ4v) is 3.55. The number of hydrogen-bond acceptors (Lipinski definition) is 5. The lowest BCUT2D eigenvalue weighted by Crippen LogP contribution is -2.46. The molecule has 2 amide bonds. The number of carbonyl (C=O) groups excluding carboxylic acids is 2. The molecular weight excluding hydrogens is 396 g/mol. The number of urea groups is 1. The van der Waals surface area contributed by atoms with Crippen molar-refractivity contribution in [3.05, 3.63) is 70.9 Å². The van der Waals surface area contributed by atoms with E-state index in [0.717, 1.165) is 12.0 Å². The Morgan fingerprint density at radius 3 is 2.52 bits per heavy atom. The van der Waals surface area contributed by atoms with Crippen molar-refractivity contribution in [1.29, 1.82) is 0 Å². The monoisotopic (exact) mass is 424 g/mol. The highest BCUT2D eigenvalue weighted by molar-refractivity contribution is 5.95. The second-order valence-electron chi connectivity index (χ2n) is 7.05. The fraction of sp³-hybridized carbons (Fsp3) is 0.333. The Morgan fingerprint density at radius 2 is 1.84 bits per heavy atom. The number of para-hydroxylation sites is 1. The smallest absolute Gasteiger partial charge is 0.338 e. The van der Waals surface area contributed by atoms with Gasteiger partial charge in [0.25, 0.3) is 0 Å². The Kier molecular flexibility index (Phi) is 7.54. The first-order valence-corrected chi connectivity index (χ1v) is 10.4. The van der Waals surface area contributed by atoms with Crippen LogP contribution in [0.2, 0.25) is 0 Å². The van der Waals surface area contributed by atoms with Crippen molar-refractivity contribution in [2.45, 2.75) is 39.3 Å². The predicted octanol–water partition coefficient (Wildman–Crippen LogP) is 4.25. The first kappa shape index (κ1) is 22.2. The fourth-order valence-electron chi connectivity index (χ4n) is 3.55. The Hall–Kier alpha value is -3.48. The number of esters is 1. The maximum absolute atomic E-state index is 12.9. The highest BCUT2D eigenvalue weighted by Gasteiger charge is 2.35. The van der Waals surface area contributed by atoms with Crippen molar-refractivity contribution in [3.8, 4) is 11.5 Å². The first-order valence-electron chi connectivity index (χ1n) is 10.4. The van der Waals surface area contributed by atoms with Gasteiger partial charge in [-0.15, -0.1) is 0 Å². The Labute approximate surface area is 182 Å². The molecule has 2 N–H and O–H groups in total. The van der Waals surface area contributed by atoms with E-state index in [2.05, 4.69) is 10.6 Å². The number of amides is 2. The third-order valence-corrected chi connectivity index (χ3v) is 4.92. The molecule has 0 bridgehead atoms. The van der Waals surface area contributed by atoms with Crippen LogP contribution < -0.4 is 20.1 Å². The van der Waals surface area contributed by atoms with Gasteiger partial charge in [0.05, 0.1) is 25.3 Å². The van der Waals surface area contributed by atoms with Crippen molar-refractivity contribution in [2.75, 3.05) is 13.7 Å². The summed E-state index contributed by atoms with van der Waals surface area (Å²) in [7, 11) is 1.56. The van der Waals surface area contributed by atoms with Crippen LogP contribution in [0.1, 0.15) is 43.9 Å². The number of allylic oxidation sites excluding steroid dienone is 1. The summed E-state index contributed by atoms with van der Waals surface area (Å²) in [5.41, 5.74) is 2.55. The van der Waals surface area contributed by atoms with Crippen molar-refractivity contribution in [3.63, 3.8) is 0 Å². The Bertz CT molecular complexity index is 956. The van der Waals surface area contributed by atoms with Crippen molar-refractivity contribution < 1.29 is 23.8 Å². The van der Waals surface area contributed by atoms with Crippen LogP contribution in [-0.4, -0.2) is 25.7 Å². The zero-order valence-electron chi connectivity index (χ0n) is 18.1. The molecule has 31 heavy (non-hydrogen) atoms. The summed E-state index contributed by atoms with van der Waals surface area (Å²) in [4.78, 5) is 25.3. The summed E-state index contributed by atoms with van der Waals surface area (Å²) in [6.07, 6.45) is 1.31. The van der Waals surface area contributed by atoms with Crippen LogP contribution >= 0.6 is 0 Å². The molecule has 0 radical (unpaired) electrons. The van der Waals surface area contributed by atoms with Crippen LogP contribution in [0.4, 0.5) is 4.79 Å². The Balaban J connectivity index is 2.06. The number of nitrogens with one attached hydrogen (secondary N) is 2. The molecule has 7 heteroatoms. The molecule has 2 aromatic carbocycles. The molecule has 7 nitrogen and oxygen atoms in total. The zero-order valence-corrected chi connectivity index (χ0v) is 18.1. The number of carbonyl (C=O) groups is 2. The lowest BCUT2D eigenvalue weighted by atomic mass is 9.93. The van der Waals surface area contributed by atoms with Gasteiger partial charge in [-0.05, 0) is 25.0 Å². The summed E-state index contributed by atoms with van der Waals surface area (Å²) in [6, 6.07) is 14.0. The molecule has 0 spiro atoms. The van der Waals surface area contributed by atoms with Crippen molar-refractivity contribution >= 4 is 12.0 Å². The van der Waals surface area contributed by atoms with Gasteiger partial charge in [-0.2, -0.15) is 0 Å². The molecule has 0 aliphatic carbocycles. The number of methoxy groups -OCH3 is 1. The minimum atomic E-state index is -0.727. The van der Waals surface area contributed by atoms with Gasteiger partial charge < -0.3 is 24.8 Å². The minimum absolute atomic E-state index is 0.234. The molecule has 0 aromatic heterocycles. The second kappa shape index (κ2) is 10.5. The molecule has 0 saturated carbocycles. The normalized spacial score (nSPS) is 15.7. The van der Waals surface area contributed by atoms with Gasteiger partial charge in [0.2, 0.25) is 0 Å². The van der Waals surface area contributed by atoms with Gasteiger partial charge in [0.1, 0.15) is 6.61 Å². The van der Waals surface area contributed by atoms with Gasteiger partial charge in [-0.1, -0.05) is 55.8 Å². The van der Waals surface area contributed by atoms with Crippen LogP contribution in [0.3, 0.4) is 0 Å². The highest BCUT2D eigenvalue weighted by Crippen LogP contribution is 2.40. The van der Waals surface area contributed by atoms with E-state index in [4.69, 9.17) is 14.2 Å². The van der Waals surface area contributed by atoms with Crippen LogP contribution in [0.15, 0.2) is 59.8 Å². The summed E-state index contributed by atoms with van der Waals surface area (Å²) >= 11 is 0. The predicted molar refractivity (Wildman–Crippen MR) is 117 cm³/mol. The SMILES string of the molecule is CCCC1=C(C(=O)OCC)C(c2cccc(OC)c2OCc2ccccc2)NC(=O)N1. The summed E-state index contributed by atoms with van der Waals surface area (Å²) < 4.78 is 17.0. The van der Waals surface area contributed by atoms with Gasteiger partial charge in [-0.25, -0.2) is 9.59 Å². The maximum atomic E-state index is 12.9. The van der Waals surface area contributed by atoms with Gasteiger partial charge >= 0.3 is 12.0 Å². The quantitative estimate of drug-likeness (QED) is 0.588. The molecule has 164 valence electrons. The number of hydrogen-bond donors (Lipinski definition) is 2. The number of benzene rings is 2. The largest absolute Gasteiger partial charge is 0.493 e. The van der Waals surface area contributed by atoms with E-state index in [1.807, 2.05) is 43.3 Å². The first-order chi connectivity index (χ1) is 15.1. The van der Waals surface area contributed by atoms with Crippen molar-refractivity contribution in [1.82, 2.24) is 10.6 Å². The van der Waals surface area contributed by atoms with Crippen LogP contribution in [-0.2, 0) is 16.1 Å². The summed E-state index contributed by atoms with van der Waals surface area (Å²) in [6.45, 7) is 4.28. The van der Waals surface area contributed by atoms with Crippen LogP contribution in [0, 0.1) is 0 Å². The molecule has 1 unspecified atom stereocenters. The zero-order chi connectivity index (χ0) is 22.2. The molecule has 1 atom stereocenters.